The molecule has 15 heteroatoms. The third kappa shape index (κ3) is 4.58. The van der Waals surface area contributed by atoms with E-state index in [0.717, 1.165) is 0 Å². The fraction of sp³-hybridized carbons (Fsp3) is 0.0769. The van der Waals surface area contributed by atoms with E-state index in [4.69, 9.17) is 28.2 Å². The van der Waals surface area contributed by atoms with Crippen LogP contribution in [0.15, 0.2) is 53.5 Å². The average molecular weight is 581 g/mol. The normalized spacial score (nSPS) is 14.5. The van der Waals surface area contributed by atoms with E-state index in [1.165, 1.54) is 24.3 Å². The van der Waals surface area contributed by atoms with Crippen LogP contribution in [0, 0.1) is 0 Å². The first-order valence-electron chi connectivity index (χ1n) is 11.6. The Kier molecular flexibility index (Phi) is 5.90. The number of ether oxygens (including phenoxy) is 5. The summed E-state index contributed by atoms with van der Waals surface area (Å²) in [6, 6.07) is 12.3. The van der Waals surface area contributed by atoms with Crippen LogP contribution >= 0.6 is 0 Å². The van der Waals surface area contributed by atoms with Gasteiger partial charge in [-0.15, -0.1) is 0 Å². The molecule has 5 aromatic carbocycles. The number of carbonyl (C=O) groups excluding carboxylic acids is 1. The number of carbonyl (C=O) groups is 3. The van der Waals surface area contributed by atoms with Gasteiger partial charge in [-0.1, -0.05) is 0 Å². The SMILES string of the molecule is O=C(O)Oc1ccc2c3ccc4c5c(ccc(c6ccc(OC(=O)O)c1c26)c53)OC(=NCCS(=O)(=O)O)OC(=O)O4. The summed E-state index contributed by atoms with van der Waals surface area (Å²) in [7, 11) is -4.34. The van der Waals surface area contributed by atoms with E-state index >= 15 is 0 Å². The minimum Gasteiger partial charge on any atom is -0.449 e. The molecule has 208 valence electrons. The molecule has 0 spiro atoms. The predicted octanol–water partition coefficient (Wildman–Crippen LogP) is 5.00. The minimum absolute atomic E-state index is 0.0824. The van der Waals surface area contributed by atoms with Crippen molar-refractivity contribution in [2.45, 2.75) is 0 Å². The summed E-state index contributed by atoms with van der Waals surface area (Å²) in [6.45, 7) is -0.466. The van der Waals surface area contributed by atoms with Gasteiger partial charge in [0.05, 0.1) is 23.1 Å². The molecule has 0 bridgehead atoms. The van der Waals surface area contributed by atoms with E-state index in [0.29, 0.717) is 37.7 Å². The van der Waals surface area contributed by atoms with Gasteiger partial charge in [0, 0.05) is 10.8 Å². The van der Waals surface area contributed by atoms with Crippen LogP contribution in [0.25, 0.3) is 43.1 Å². The lowest BCUT2D eigenvalue weighted by atomic mass is 9.88. The van der Waals surface area contributed by atoms with Crippen LogP contribution in [0.4, 0.5) is 14.4 Å². The largest absolute Gasteiger partial charge is 0.523 e. The lowest BCUT2D eigenvalue weighted by Gasteiger charge is -2.21. The maximum absolute atomic E-state index is 12.4. The van der Waals surface area contributed by atoms with Gasteiger partial charge in [-0.05, 0) is 70.1 Å². The maximum Gasteiger partial charge on any atom is 0.523 e. The smallest absolute Gasteiger partial charge is 0.449 e. The topological polar surface area (TPSA) is 205 Å². The van der Waals surface area contributed by atoms with E-state index in [9.17, 15) is 33.0 Å². The summed E-state index contributed by atoms with van der Waals surface area (Å²) in [4.78, 5) is 39.0. The third-order valence-electron chi connectivity index (χ3n) is 6.29. The maximum atomic E-state index is 12.4. The highest BCUT2D eigenvalue weighted by Crippen LogP contribution is 2.49. The van der Waals surface area contributed by atoms with E-state index < -0.39 is 47.0 Å². The van der Waals surface area contributed by atoms with E-state index in [2.05, 4.69) is 4.99 Å². The molecular formula is C26H15NO13S. The number of aliphatic imine (C=N–C) groups is 1. The lowest BCUT2D eigenvalue weighted by molar-refractivity contribution is 0.135. The first kappa shape index (κ1) is 25.8. The Bertz CT molecular complexity index is 2010. The zero-order chi connectivity index (χ0) is 29.1. The molecule has 3 N–H and O–H groups in total. The monoisotopic (exact) mass is 581 g/mol. The van der Waals surface area contributed by atoms with Gasteiger partial charge in [0.1, 0.15) is 23.0 Å². The molecule has 0 amide bonds. The van der Waals surface area contributed by atoms with Gasteiger partial charge in [0.25, 0.3) is 10.1 Å². The van der Waals surface area contributed by atoms with Crippen molar-refractivity contribution in [3.8, 4) is 23.0 Å². The second-order valence-electron chi connectivity index (χ2n) is 8.67. The van der Waals surface area contributed by atoms with Crippen molar-refractivity contribution in [1.82, 2.24) is 0 Å². The molecule has 0 fully saturated rings. The van der Waals surface area contributed by atoms with E-state index in [1.807, 2.05) is 0 Å². The first-order chi connectivity index (χ1) is 19.5. The van der Waals surface area contributed by atoms with Crippen LogP contribution in [-0.4, -0.2) is 60.0 Å². The second kappa shape index (κ2) is 9.35. The van der Waals surface area contributed by atoms with E-state index in [1.54, 1.807) is 24.3 Å². The third-order valence-corrected chi connectivity index (χ3v) is 6.99. The number of fused-ring (bicyclic) bond motifs is 2. The van der Waals surface area contributed by atoms with Crippen LogP contribution in [0.5, 0.6) is 23.0 Å². The zero-order valence-electron chi connectivity index (χ0n) is 20.3. The molecule has 6 rings (SSSR count). The molecule has 5 aromatic rings. The molecule has 0 aliphatic carbocycles. The van der Waals surface area contributed by atoms with Gasteiger partial charge in [0.15, 0.2) is 0 Å². The molecule has 41 heavy (non-hydrogen) atoms. The summed E-state index contributed by atoms with van der Waals surface area (Å²) < 4.78 is 57.1. The summed E-state index contributed by atoms with van der Waals surface area (Å²) in [6.07, 6.45) is -5.02. The van der Waals surface area contributed by atoms with Crippen molar-refractivity contribution in [2.75, 3.05) is 12.3 Å². The molecule has 0 atom stereocenters. The zero-order valence-corrected chi connectivity index (χ0v) is 21.1. The quantitative estimate of drug-likeness (QED) is 0.0822. The summed E-state index contributed by atoms with van der Waals surface area (Å²) in [5.41, 5.74) is 0. The molecule has 0 saturated carbocycles. The summed E-state index contributed by atoms with van der Waals surface area (Å²) >= 11 is 0. The molecule has 14 nitrogen and oxygen atoms in total. The standard InChI is InChI=1S/C26H15NO13S/c28-24(29)37-16-6-2-12-11-1-5-15-21-18(39-26(32)40-23(36-15)27-9-10-41(33,34)35)8-4-14(19(11)21)13-3-7-17(38-25(30)31)22(16)20(12)13/h1-8H,9-10H2,(H,28,29)(H,30,31)(H,33,34,35). The Morgan fingerprint density at radius 1 is 0.707 bits per heavy atom. The number of hydrogen-bond acceptors (Lipinski definition) is 11. The molecule has 1 aliphatic heterocycles. The fourth-order valence-corrected chi connectivity index (χ4v) is 5.23. The number of benzene rings is 5. The molecule has 1 heterocycles. The van der Waals surface area contributed by atoms with Crippen molar-refractivity contribution in [1.29, 1.82) is 0 Å². The van der Waals surface area contributed by atoms with Gasteiger partial charge in [0.2, 0.25) is 0 Å². The highest BCUT2D eigenvalue weighted by Gasteiger charge is 2.27. The molecule has 1 aliphatic rings. The van der Waals surface area contributed by atoms with Gasteiger partial charge in [-0.2, -0.15) is 8.42 Å². The first-order valence-corrected chi connectivity index (χ1v) is 13.2. The fourth-order valence-electron chi connectivity index (χ4n) is 4.91. The molecular weight excluding hydrogens is 566 g/mol. The van der Waals surface area contributed by atoms with Gasteiger partial charge >= 0.3 is 24.5 Å². The van der Waals surface area contributed by atoms with Crippen LogP contribution in [0.1, 0.15) is 0 Å². The van der Waals surface area contributed by atoms with Crippen LogP contribution < -0.4 is 18.9 Å². The van der Waals surface area contributed by atoms with Crippen molar-refractivity contribution < 1.29 is 61.3 Å². The molecule has 0 unspecified atom stereocenters. The number of hydrogen-bond donors (Lipinski definition) is 3. The number of nitrogens with zero attached hydrogens (tertiary/aromatic N) is 1. The van der Waals surface area contributed by atoms with Crippen LogP contribution in [-0.2, 0) is 14.9 Å². The molecule has 0 aromatic heterocycles. The summed E-state index contributed by atoms with van der Waals surface area (Å²) in [5.74, 6) is -0.794. The summed E-state index contributed by atoms with van der Waals surface area (Å²) in [5, 5.41) is 22.3. The second-order valence-corrected chi connectivity index (χ2v) is 10.2. The van der Waals surface area contributed by atoms with Crippen molar-refractivity contribution in [2.24, 2.45) is 4.99 Å². The Balaban J connectivity index is 1.65. The van der Waals surface area contributed by atoms with Gasteiger partial charge in [-0.25, -0.2) is 19.4 Å². The lowest BCUT2D eigenvalue weighted by Crippen LogP contribution is -2.24. The number of cyclic esters (lactones) is 1. The van der Waals surface area contributed by atoms with Crippen molar-refractivity contribution >= 4 is 77.8 Å². The Morgan fingerprint density at radius 3 is 1.71 bits per heavy atom. The highest BCUT2D eigenvalue weighted by molar-refractivity contribution is 7.85. The van der Waals surface area contributed by atoms with Crippen LogP contribution in [0.3, 0.4) is 0 Å². The van der Waals surface area contributed by atoms with Gasteiger partial charge in [-0.3, -0.25) is 4.55 Å². The van der Waals surface area contributed by atoms with Crippen molar-refractivity contribution in [3.05, 3.63) is 48.5 Å². The highest BCUT2D eigenvalue weighted by atomic mass is 32.2. The van der Waals surface area contributed by atoms with E-state index in [-0.39, 0.29) is 28.4 Å². The Hall–Kier alpha value is -5.41. The predicted molar refractivity (Wildman–Crippen MR) is 141 cm³/mol. The Morgan fingerprint density at radius 2 is 1.20 bits per heavy atom. The average Bonchev–Trinajstić information content (AvgIpc) is 2.87. The molecule has 0 saturated heterocycles. The molecule has 0 radical (unpaired) electrons. The minimum atomic E-state index is -4.34. The van der Waals surface area contributed by atoms with Gasteiger partial charge < -0.3 is 33.9 Å². The number of rotatable bonds is 5. The van der Waals surface area contributed by atoms with Crippen LogP contribution in [0.2, 0.25) is 0 Å². The van der Waals surface area contributed by atoms with Crippen molar-refractivity contribution in [3.63, 3.8) is 0 Å². The Labute approximate surface area is 227 Å². The number of carboxylic acid groups (broad SMARTS) is 2.